The Hall–Kier alpha value is -2.13. The van der Waals surface area contributed by atoms with E-state index in [0.29, 0.717) is 0 Å². The largest absolute Gasteiger partial charge is 0.384 e. The van der Waals surface area contributed by atoms with Crippen LogP contribution >= 0.6 is 0 Å². The molecule has 0 aliphatic rings. The van der Waals surface area contributed by atoms with E-state index >= 15 is 0 Å². The number of hydrogen-bond acceptors (Lipinski definition) is 6. The zero-order chi connectivity index (χ0) is 15.7. The Balaban J connectivity index is 2.29. The van der Waals surface area contributed by atoms with E-state index in [0.717, 1.165) is 6.26 Å². The third-order valence-electron chi connectivity index (χ3n) is 2.60. The zero-order valence-corrected chi connectivity index (χ0v) is 12.6. The predicted molar refractivity (Wildman–Crippen MR) is 79.0 cm³/mol. The SMILES string of the molecule is CS(=O)(=O)c1ccc(S(=O)(=O)Nc2ccc(N)nc2)cc1. The average molecular weight is 327 g/mol. The minimum absolute atomic E-state index is 0.0493. The maximum Gasteiger partial charge on any atom is 0.261 e. The molecular weight excluding hydrogens is 314 g/mol. The zero-order valence-electron chi connectivity index (χ0n) is 11.0. The van der Waals surface area contributed by atoms with Crippen LogP contribution in [0.25, 0.3) is 0 Å². The van der Waals surface area contributed by atoms with Crippen molar-refractivity contribution in [2.75, 3.05) is 16.7 Å². The predicted octanol–water partition coefficient (Wildman–Crippen LogP) is 0.868. The number of anilines is 2. The molecule has 0 saturated heterocycles. The van der Waals surface area contributed by atoms with Gasteiger partial charge in [0.05, 0.1) is 21.7 Å². The third-order valence-corrected chi connectivity index (χ3v) is 5.13. The third kappa shape index (κ3) is 3.70. The van der Waals surface area contributed by atoms with Crippen molar-refractivity contribution in [2.24, 2.45) is 0 Å². The standard InChI is InChI=1S/C12H13N3O4S2/c1-20(16,17)10-3-5-11(6-4-10)21(18,19)15-9-2-7-12(13)14-8-9/h2-8,15H,1H3,(H2,13,14). The number of nitrogens with zero attached hydrogens (tertiary/aromatic N) is 1. The van der Waals surface area contributed by atoms with E-state index in [-0.39, 0.29) is 21.3 Å². The van der Waals surface area contributed by atoms with Crippen LogP contribution in [0.1, 0.15) is 0 Å². The Kier molecular flexibility index (Phi) is 3.88. The molecule has 0 aliphatic carbocycles. The minimum atomic E-state index is -3.81. The van der Waals surface area contributed by atoms with Gasteiger partial charge in [-0.15, -0.1) is 0 Å². The first-order valence-electron chi connectivity index (χ1n) is 5.73. The Morgan fingerprint density at radius 1 is 0.952 bits per heavy atom. The lowest BCUT2D eigenvalue weighted by Gasteiger charge is -2.08. The first kappa shape index (κ1) is 15.3. The number of nitrogens with two attached hydrogens (primary N) is 1. The van der Waals surface area contributed by atoms with Crippen molar-refractivity contribution in [3.05, 3.63) is 42.6 Å². The van der Waals surface area contributed by atoms with Gasteiger partial charge in [0, 0.05) is 6.26 Å². The second-order valence-corrected chi connectivity index (χ2v) is 8.02. The van der Waals surface area contributed by atoms with Crippen molar-refractivity contribution in [3.8, 4) is 0 Å². The Labute approximate surface area is 122 Å². The summed E-state index contributed by atoms with van der Waals surface area (Å²) < 4.78 is 49.2. The summed E-state index contributed by atoms with van der Waals surface area (Å²) in [6.45, 7) is 0. The fraction of sp³-hybridized carbons (Fsp3) is 0.0833. The molecule has 7 nitrogen and oxygen atoms in total. The van der Waals surface area contributed by atoms with Gasteiger partial charge in [-0.05, 0) is 36.4 Å². The molecular formula is C12H13N3O4S2. The number of sulfonamides is 1. The van der Waals surface area contributed by atoms with Gasteiger partial charge < -0.3 is 5.73 Å². The molecule has 112 valence electrons. The number of sulfone groups is 1. The van der Waals surface area contributed by atoms with Crippen LogP contribution in [0.15, 0.2) is 52.4 Å². The smallest absolute Gasteiger partial charge is 0.261 e. The molecule has 0 amide bonds. The fourth-order valence-electron chi connectivity index (χ4n) is 1.55. The topological polar surface area (TPSA) is 119 Å². The van der Waals surface area contributed by atoms with E-state index in [4.69, 9.17) is 5.73 Å². The van der Waals surface area contributed by atoms with Gasteiger partial charge in [-0.25, -0.2) is 21.8 Å². The van der Waals surface area contributed by atoms with E-state index in [9.17, 15) is 16.8 Å². The molecule has 2 rings (SSSR count). The van der Waals surface area contributed by atoms with E-state index in [1.165, 1.54) is 42.6 Å². The first-order valence-corrected chi connectivity index (χ1v) is 9.10. The van der Waals surface area contributed by atoms with Gasteiger partial charge in [-0.1, -0.05) is 0 Å². The molecule has 0 spiro atoms. The van der Waals surface area contributed by atoms with Crippen molar-refractivity contribution in [2.45, 2.75) is 9.79 Å². The molecule has 3 N–H and O–H groups in total. The molecule has 0 fully saturated rings. The summed E-state index contributed by atoms with van der Waals surface area (Å²) in [7, 11) is -7.18. The average Bonchev–Trinajstić information content (AvgIpc) is 2.40. The number of pyridine rings is 1. The summed E-state index contributed by atoms with van der Waals surface area (Å²) in [5.74, 6) is 0.274. The molecule has 1 aromatic heterocycles. The van der Waals surface area contributed by atoms with Gasteiger partial charge in [0.1, 0.15) is 5.82 Å². The number of aromatic nitrogens is 1. The van der Waals surface area contributed by atoms with Crippen LogP contribution < -0.4 is 10.5 Å². The van der Waals surface area contributed by atoms with E-state index in [1.807, 2.05) is 0 Å². The van der Waals surface area contributed by atoms with Crippen LogP contribution in [0.2, 0.25) is 0 Å². The highest BCUT2D eigenvalue weighted by Crippen LogP contribution is 2.18. The van der Waals surface area contributed by atoms with Gasteiger partial charge in [0.25, 0.3) is 10.0 Å². The number of rotatable bonds is 4. The number of benzene rings is 1. The highest BCUT2D eigenvalue weighted by Gasteiger charge is 2.15. The van der Waals surface area contributed by atoms with Crippen LogP contribution in [0, 0.1) is 0 Å². The molecule has 21 heavy (non-hydrogen) atoms. The summed E-state index contributed by atoms with van der Waals surface area (Å²) in [6, 6.07) is 7.87. The molecule has 0 aliphatic heterocycles. The lowest BCUT2D eigenvalue weighted by atomic mass is 10.4. The summed E-state index contributed by atoms with van der Waals surface area (Å²) in [6.07, 6.45) is 2.34. The van der Waals surface area contributed by atoms with Crippen LogP contribution in [-0.2, 0) is 19.9 Å². The first-order chi connectivity index (χ1) is 9.68. The lowest BCUT2D eigenvalue weighted by molar-refractivity contribution is 0.597. The minimum Gasteiger partial charge on any atom is -0.384 e. The quantitative estimate of drug-likeness (QED) is 0.860. The molecule has 0 atom stereocenters. The van der Waals surface area contributed by atoms with E-state index in [1.54, 1.807) is 0 Å². The summed E-state index contributed by atoms with van der Waals surface area (Å²) in [4.78, 5) is 3.78. The maximum atomic E-state index is 12.1. The lowest BCUT2D eigenvalue weighted by Crippen LogP contribution is -2.13. The van der Waals surface area contributed by atoms with Gasteiger partial charge >= 0.3 is 0 Å². The van der Waals surface area contributed by atoms with Crippen LogP contribution in [-0.4, -0.2) is 28.1 Å². The second-order valence-electron chi connectivity index (χ2n) is 4.32. The highest BCUT2D eigenvalue weighted by atomic mass is 32.2. The van der Waals surface area contributed by atoms with Gasteiger partial charge in [-0.3, -0.25) is 4.72 Å². The molecule has 0 saturated carbocycles. The Bertz CT molecular complexity index is 842. The second kappa shape index (κ2) is 5.34. The van der Waals surface area contributed by atoms with Crippen molar-refractivity contribution >= 4 is 31.4 Å². The Morgan fingerprint density at radius 3 is 2.00 bits per heavy atom. The molecule has 0 bridgehead atoms. The van der Waals surface area contributed by atoms with Crippen LogP contribution in [0.5, 0.6) is 0 Å². The van der Waals surface area contributed by atoms with Gasteiger partial charge in [-0.2, -0.15) is 0 Å². The molecule has 0 radical (unpaired) electrons. The normalized spacial score (nSPS) is 12.0. The van der Waals surface area contributed by atoms with Crippen molar-refractivity contribution in [3.63, 3.8) is 0 Å². The van der Waals surface area contributed by atoms with Crippen molar-refractivity contribution in [1.29, 1.82) is 0 Å². The van der Waals surface area contributed by atoms with Crippen LogP contribution in [0.4, 0.5) is 11.5 Å². The maximum absolute atomic E-state index is 12.1. The fourth-order valence-corrected chi connectivity index (χ4v) is 3.22. The summed E-state index contributed by atoms with van der Waals surface area (Å²) >= 11 is 0. The summed E-state index contributed by atoms with van der Waals surface area (Å²) in [5.41, 5.74) is 5.67. The summed E-state index contributed by atoms with van der Waals surface area (Å²) in [5, 5.41) is 0. The Morgan fingerprint density at radius 2 is 1.52 bits per heavy atom. The monoisotopic (exact) mass is 327 g/mol. The number of hydrogen-bond donors (Lipinski definition) is 2. The molecule has 0 unspecified atom stereocenters. The van der Waals surface area contributed by atoms with Crippen molar-refractivity contribution < 1.29 is 16.8 Å². The van der Waals surface area contributed by atoms with E-state index in [2.05, 4.69) is 9.71 Å². The highest BCUT2D eigenvalue weighted by molar-refractivity contribution is 7.92. The van der Waals surface area contributed by atoms with E-state index < -0.39 is 19.9 Å². The van der Waals surface area contributed by atoms with Crippen LogP contribution in [0.3, 0.4) is 0 Å². The molecule has 1 heterocycles. The van der Waals surface area contributed by atoms with Gasteiger partial charge in [0.15, 0.2) is 9.84 Å². The molecule has 9 heteroatoms. The van der Waals surface area contributed by atoms with Gasteiger partial charge in [0.2, 0.25) is 0 Å². The number of nitrogen functional groups attached to an aromatic ring is 1. The number of nitrogens with one attached hydrogen (secondary N) is 1. The molecule has 2 aromatic rings. The molecule has 1 aromatic carbocycles. The van der Waals surface area contributed by atoms with Crippen molar-refractivity contribution in [1.82, 2.24) is 4.98 Å².